The Labute approximate surface area is 83.5 Å². The van der Waals surface area contributed by atoms with Crippen molar-refractivity contribution in [1.82, 2.24) is 0 Å². The van der Waals surface area contributed by atoms with Gasteiger partial charge in [0.2, 0.25) is 0 Å². The van der Waals surface area contributed by atoms with E-state index in [2.05, 4.69) is 0 Å². The Bertz CT molecular complexity index is 318. The topological polar surface area (TPSA) is 54.4 Å². The van der Waals surface area contributed by atoms with Gasteiger partial charge in [-0.15, -0.1) is 0 Å². The maximum atomic E-state index is 12.0. The van der Waals surface area contributed by atoms with Crippen LogP contribution in [0.2, 0.25) is 0 Å². The Morgan fingerprint density at radius 3 is 2.29 bits per heavy atom. The average Bonchev–Trinajstić information content (AvgIpc) is 2.35. The first kappa shape index (κ1) is 9.69. The zero-order valence-corrected chi connectivity index (χ0v) is 8.83. The van der Waals surface area contributed by atoms with Crippen LogP contribution in [0.1, 0.15) is 33.6 Å². The Morgan fingerprint density at radius 2 is 2.00 bits per heavy atom. The number of ketones is 1. The molecule has 0 amide bonds. The third-order valence-corrected chi connectivity index (χ3v) is 4.80. The third-order valence-electron chi connectivity index (χ3n) is 4.80. The van der Waals surface area contributed by atoms with Crippen molar-refractivity contribution in [2.75, 3.05) is 0 Å². The van der Waals surface area contributed by atoms with E-state index >= 15 is 0 Å². The summed E-state index contributed by atoms with van der Waals surface area (Å²) in [7, 11) is 0. The van der Waals surface area contributed by atoms with Crippen LogP contribution in [0.5, 0.6) is 0 Å². The molecule has 2 saturated carbocycles. The van der Waals surface area contributed by atoms with E-state index in [0.29, 0.717) is 0 Å². The van der Waals surface area contributed by atoms with Crippen LogP contribution in [0.4, 0.5) is 0 Å². The summed E-state index contributed by atoms with van der Waals surface area (Å²) in [4.78, 5) is 23.0. The fraction of sp³-hybridized carbons (Fsp3) is 0.818. The van der Waals surface area contributed by atoms with Gasteiger partial charge in [0, 0.05) is 5.41 Å². The summed E-state index contributed by atoms with van der Waals surface area (Å²) in [5.41, 5.74) is -0.548. The molecule has 0 aromatic carbocycles. The molecule has 3 atom stereocenters. The maximum absolute atomic E-state index is 12.0. The normalized spacial score (nSPS) is 44.4. The van der Waals surface area contributed by atoms with Crippen LogP contribution < -0.4 is 0 Å². The van der Waals surface area contributed by atoms with Gasteiger partial charge in [-0.3, -0.25) is 9.59 Å². The second kappa shape index (κ2) is 2.38. The molecule has 3 nitrogen and oxygen atoms in total. The van der Waals surface area contributed by atoms with Gasteiger partial charge in [-0.25, -0.2) is 0 Å². The summed E-state index contributed by atoms with van der Waals surface area (Å²) < 4.78 is 0. The highest BCUT2D eigenvalue weighted by Gasteiger charge is 2.68. The molecule has 0 aliphatic heterocycles. The van der Waals surface area contributed by atoms with Crippen molar-refractivity contribution >= 4 is 11.8 Å². The molecule has 2 bridgehead atoms. The van der Waals surface area contributed by atoms with E-state index < -0.39 is 17.3 Å². The molecule has 0 spiro atoms. The molecule has 0 saturated heterocycles. The Balaban J connectivity index is 2.49. The van der Waals surface area contributed by atoms with Crippen LogP contribution >= 0.6 is 0 Å². The standard InChI is InChI=1S/C11H16O3/c1-10(2)6-4-5-11(10,3)8(12)7(6)9(13)14/h6-7H,4-5H2,1-3H3,(H,13,14)/t6-,7+,11+/m0/s1. The lowest BCUT2D eigenvalue weighted by atomic mass is 9.70. The van der Waals surface area contributed by atoms with Gasteiger partial charge in [0.25, 0.3) is 0 Å². The number of fused-ring (bicyclic) bond motifs is 2. The lowest BCUT2D eigenvalue weighted by Gasteiger charge is -2.32. The van der Waals surface area contributed by atoms with Gasteiger partial charge in [-0.1, -0.05) is 20.8 Å². The number of carbonyl (C=O) groups is 2. The molecular weight excluding hydrogens is 180 g/mol. The Kier molecular flexibility index (Phi) is 1.65. The number of carboxylic acid groups (broad SMARTS) is 1. The van der Waals surface area contributed by atoms with Crippen LogP contribution in [0, 0.1) is 22.7 Å². The quantitative estimate of drug-likeness (QED) is 0.649. The number of hydrogen-bond acceptors (Lipinski definition) is 2. The minimum absolute atomic E-state index is 0.0394. The summed E-state index contributed by atoms with van der Waals surface area (Å²) >= 11 is 0. The molecule has 1 N–H and O–H groups in total. The molecule has 2 aliphatic rings. The highest BCUT2D eigenvalue weighted by atomic mass is 16.4. The molecule has 2 fully saturated rings. The van der Waals surface area contributed by atoms with Gasteiger partial charge in [0.1, 0.15) is 5.92 Å². The Hall–Kier alpha value is -0.860. The summed E-state index contributed by atoms with van der Waals surface area (Å²) in [5.74, 6) is -1.69. The minimum Gasteiger partial charge on any atom is -0.481 e. The van der Waals surface area contributed by atoms with Crippen molar-refractivity contribution in [3.8, 4) is 0 Å². The van der Waals surface area contributed by atoms with Crippen LogP contribution in [0.3, 0.4) is 0 Å². The number of rotatable bonds is 1. The molecular formula is C11H16O3. The van der Waals surface area contributed by atoms with E-state index in [1.54, 1.807) is 0 Å². The fourth-order valence-electron chi connectivity index (χ4n) is 3.37. The highest BCUT2D eigenvalue weighted by Crippen LogP contribution is 2.65. The van der Waals surface area contributed by atoms with Crippen molar-refractivity contribution in [3.63, 3.8) is 0 Å². The molecule has 78 valence electrons. The molecule has 0 aromatic rings. The smallest absolute Gasteiger partial charge is 0.314 e. The van der Waals surface area contributed by atoms with Crippen LogP contribution in [-0.4, -0.2) is 16.9 Å². The number of carboxylic acids is 1. The minimum atomic E-state index is -0.934. The molecule has 0 aromatic heterocycles. The second-order valence-corrected chi connectivity index (χ2v) is 5.38. The predicted octanol–water partition coefficient (Wildman–Crippen LogP) is 1.71. The number of carbonyl (C=O) groups excluding carboxylic acids is 1. The lowest BCUT2D eigenvalue weighted by molar-refractivity contribution is -0.149. The molecule has 0 unspecified atom stereocenters. The zero-order valence-electron chi connectivity index (χ0n) is 8.83. The second-order valence-electron chi connectivity index (χ2n) is 5.38. The molecule has 0 heterocycles. The van der Waals surface area contributed by atoms with Crippen LogP contribution in [-0.2, 0) is 9.59 Å². The van der Waals surface area contributed by atoms with E-state index in [9.17, 15) is 9.59 Å². The maximum Gasteiger partial charge on any atom is 0.314 e. The van der Waals surface area contributed by atoms with Crippen molar-refractivity contribution in [2.45, 2.75) is 33.6 Å². The van der Waals surface area contributed by atoms with E-state index in [1.807, 2.05) is 20.8 Å². The van der Waals surface area contributed by atoms with Crippen molar-refractivity contribution in [2.24, 2.45) is 22.7 Å². The summed E-state index contributed by atoms with van der Waals surface area (Å²) in [5, 5.41) is 9.03. The summed E-state index contributed by atoms with van der Waals surface area (Å²) in [6.07, 6.45) is 1.74. The summed E-state index contributed by atoms with van der Waals surface area (Å²) in [6, 6.07) is 0. The largest absolute Gasteiger partial charge is 0.481 e. The van der Waals surface area contributed by atoms with Crippen molar-refractivity contribution in [1.29, 1.82) is 0 Å². The number of Topliss-reactive ketones (excluding diaryl/α,β-unsaturated/α-hetero) is 1. The zero-order chi connectivity index (χ0) is 10.7. The molecule has 14 heavy (non-hydrogen) atoms. The van der Waals surface area contributed by atoms with E-state index in [0.717, 1.165) is 12.8 Å². The van der Waals surface area contributed by atoms with Crippen molar-refractivity contribution in [3.05, 3.63) is 0 Å². The van der Waals surface area contributed by atoms with Gasteiger partial charge in [-0.05, 0) is 24.2 Å². The lowest BCUT2D eigenvalue weighted by Crippen LogP contribution is -2.35. The molecule has 0 radical (unpaired) electrons. The molecule has 2 rings (SSSR count). The van der Waals surface area contributed by atoms with E-state index in [-0.39, 0.29) is 17.1 Å². The van der Waals surface area contributed by atoms with E-state index in [4.69, 9.17) is 5.11 Å². The van der Waals surface area contributed by atoms with Crippen molar-refractivity contribution < 1.29 is 14.7 Å². The summed E-state index contributed by atoms with van der Waals surface area (Å²) in [6.45, 7) is 6.00. The monoisotopic (exact) mass is 196 g/mol. The van der Waals surface area contributed by atoms with Gasteiger partial charge in [0.05, 0.1) is 0 Å². The van der Waals surface area contributed by atoms with Crippen LogP contribution in [0.25, 0.3) is 0 Å². The fourth-order valence-corrected chi connectivity index (χ4v) is 3.37. The predicted molar refractivity (Wildman–Crippen MR) is 50.7 cm³/mol. The highest BCUT2D eigenvalue weighted by molar-refractivity contribution is 6.04. The van der Waals surface area contributed by atoms with Gasteiger partial charge in [0.15, 0.2) is 5.78 Å². The first-order valence-corrected chi connectivity index (χ1v) is 5.09. The van der Waals surface area contributed by atoms with Gasteiger partial charge < -0.3 is 5.11 Å². The first-order chi connectivity index (χ1) is 6.32. The first-order valence-electron chi connectivity index (χ1n) is 5.09. The average molecular weight is 196 g/mol. The number of aliphatic carboxylic acids is 1. The SMILES string of the molecule is CC1(C)[C@H]2CC[C@]1(C)C(=O)[C@@H]2C(=O)O. The third kappa shape index (κ3) is 0.787. The molecule has 2 aliphatic carbocycles. The molecule has 3 heteroatoms. The van der Waals surface area contributed by atoms with Crippen LogP contribution in [0.15, 0.2) is 0 Å². The number of hydrogen-bond donors (Lipinski definition) is 1. The Morgan fingerprint density at radius 1 is 1.43 bits per heavy atom. The van der Waals surface area contributed by atoms with Gasteiger partial charge in [-0.2, -0.15) is 0 Å². The van der Waals surface area contributed by atoms with E-state index in [1.165, 1.54) is 0 Å². The van der Waals surface area contributed by atoms with Gasteiger partial charge >= 0.3 is 5.97 Å².